The zero-order valence-corrected chi connectivity index (χ0v) is 15.4. The Bertz CT molecular complexity index is 750. The first-order valence-corrected chi connectivity index (χ1v) is 9.21. The van der Waals surface area contributed by atoms with Crippen LogP contribution in [0.4, 0.5) is 5.82 Å². The van der Waals surface area contributed by atoms with Gasteiger partial charge >= 0.3 is 0 Å². The van der Waals surface area contributed by atoms with E-state index in [-0.39, 0.29) is 5.91 Å². The summed E-state index contributed by atoms with van der Waals surface area (Å²) >= 11 is 0. The number of hydrogen-bond donors (Lipinski definition) is 1. The van der Waals surface area contributed by atoms with Crippen molar-refractivity contribution in [1.29, 1.82) is 0 Å². The number of ether oxygens (including phenoxy) is 1. The van der Waals surface area contributed by atoms with E-state index in [2.05, 4.69) is 22.2 Å². The lowest BCUT2D eigenvalue weighted by Gasteiger charge is -2.35. The summed E-state index contributed by atoms with van der Waals surface area (Å²) in [7, 11) is 1.66. The van der Waals surface area contributed by atoms with E-state index in [9.17, 15) is 4.79 Å². The highest BCUT2D eigenvalue weighted by atomic mass is 16.5. The van der Waals surface area contributed by atoms with Crippen molar-refractivity contribution < 1.29 is 9.53 Å². The highest BCUT2D eigenvalue weighted by Crippen LogP contribution is 2.22. The number of nitrogens with one attached hydrogen (secondary N) is 1. The minimum atomic E-state index is -0.000656. The largest absolute Gasteiger partial charge is 0.496 e. The van der Waals surface area contributed by atoms with Crippen molar-refractivity contribution in [3.63, 3.8) is 0 Å². The monoisotopic (exact) mass is 354 g/mol. The average Bonchev–Trinajstić information content (AvgIpc) is 2.72. The number of anilines is 1. The van der Waals surface area contributed by atoms with Gasteiger partial charge in [0.25, 0.3) is 5.91 Å². The van der Waals surface area contributed by atoms with Crippen LogP contribution in [0.25, 0.3) is 0 Å². The Morgan fingerprint density at radius 1 is 1.31 bits per heavy atom. The molecule has 0 bridgehead atoms. The normalized spacial score (nSPS) is 17.0. The Morgan fingerprint density at radius 2 is 2.15 bits per heavy atom. The quantitative estimate of drug-likeness (QED) is 0.860. The van der Waals surface area contributed by atoms with Crippen LogP contribution in [0.2, 0.25) is 0 Å². The van der Waals surface area contributed by atoms with Gasteiger partial charge in [0.15, 0.2) is 0 Å². The molecule has 1 aliphatic rings. The molecule has 1 saturated heterocycles. The van der Waals surface area contributed by atoms with Crippen molar-refractivity contribution in [2.24, 2.45) is 0 Å². The number of methoxy groups -OCH3 is 1. The molecule has 1 unspecified atom stereocenters. The van der Waals surface area contributed by atoms with E-state index in [1.54, 1.807) is 13.2 Å². The van der Waals surface area contributed by atoms with Crippen LogP contribution in [0.1, 0.15) is 48.7 Å². The van der Waals surface area contributed by atoms with E-state index >= 15 is 0 Å². The summed E-state index contributed by atoms with van der Waals surface area (Å²) in [5.41, 5.74) is 1.48. The number of rotatable bonds is 6. The summed E-state index contributed by atoms with van der Waals surface area (Å²) in [6, 6.07) is 9.88. The van der Waals surface area contributed by atoms with Gasteiger partial charge in [-0.3, -0.25) is 4.79 Å². The van der Waals surface area contributed by atoms with Gasteiger partial charge in [-0.1, -0.05) is 25.1 Å². The highest BCUT2D eigenvalue weighted by Gasteiger charge is 2.27. The topological polar surface area (TPSA) is 67.4 Å². The molecule has 138 valence electrons. The van der Waals surface area contributed by atoms with Gasteiger partial charge in [0.1, 0.15) is 23.6 Å². The van der Waals surface area contributed by atoms with Gasteiger partial charge in [0.05, 0.1) is 7.11 Å². The van der Waals surface area contributed by atoms with Crippen LogP contribution < -0.4 is 10.1 Å². The Kier molecular flexibility index (Phi) is 6.04. The molecule has 3 rings (SSSR count). The molecule has 2 aromatic rings. The maximum Gasteiger partial charge on any atom is 0.272 e. The molecule has 26 heavy (non-hydrogen) atoms. The van der Waals surface area contributed by atoms with Crippen molar-refractivity contribution >= 4 is 11.7 Å². The number of benzene rings is 1. The number of nitrogens with zero attached hydrogens (tertiary/aromatic N) is 3. The molecule has 1 N–H and O–H groups in total. The summed E-state index contributed by atoms with van der Waals surface area (Å²) in [5, 5.41) is 3.26. The third kappa shape index (κ3) is 4.12. The van der Waals surface area contributed by atoms with Crippen molar-refractivity contribution in [1.82, 2.24) is 14.9 Å². The van der Waals surface area contributed by atoms with E-state index in [1.807, 2.05) is 29.2 Å². The molecule has 6 nitrogen and oxygen atoms in total. The maximum atomic E-state index is 12.9. The van der Waals surface area contributed by atoms with E-state index < -0.39 is 0 Å². The molecule has 0 aliphatic carbocycles. The summed E-state index contributed by atoms with van der Waals surface area (Å²) < 4.78 is 5.37. The second kappa shape index (κ2) is 8.65. The van der Waals surface area contributed by atoms with Gasteiger partial charge in [-0.15, -0.1) is 0 Å². The van der Waals surface area contributed by atoms with Crippen molar-refractivity contribution in [2.75, 3.05) is 19.0 Å². The molecule has 2 heterocycles. The summed E-state index contributed by atoms with van der Waals surface area (Å²) in [5.74, 6) is 1.46. The predicted molar refractivity (Wildman–Crippen MR) is 101 cm³/mol. The van der Waals surface area contributed by atoms with Crippen LogP contribution in [0.3, 0.4) is 0 Å². The Morgan fingerprint density at radius 3 is 2.96 bits per heavy atom. The SMILES string of the molecule is CCC1CCCCN1C(=O)c1cc(NCc2ccccc2OC)ncn1. The van der Waals surface area contributed by atoms with Crippen LogP contribution >= 0.6 is 0 Å². The van der Waals surface area contributed by atoms with Gasteiger partial charge in [-0.2, -0.15) is 0 Å². The molecule has 0 spiro atoms. The Labute approximate surface area is 154 Å². The average molecular weight is 354 g/mol. The molecule has 1 atom stereocenters. The summed E-state index contributed by atoms with van der Waals surface area (Å²) in [4.78, 5) is 23.3. The lowest BCUT2D eigenvalue weighted by atomic mass is 9.99. The van der Waals surface area contributed by atoms with Gasteiger partial charge in [-0.25, -0.2) is 9.97 Å². The van der Waals surface area contributed by atoms with Crippen molar-refractivity contribution in [2.45, 2.75) is 45.2 Å². The fraction of sp³-hybridized carbons (Fsp3) is 0.450. The second-order valence-corrected chi connectivity index (χ2v) is 6.51. The third-order valence-electron chi connectivity index (χ3n) is 4.90. The summed E-state index contributed by atoms with van der Waals surface area (Å²) in [6.07, 6.45) is 5.76. The van der Waals surface area contributed by atoms with Crippen molar-refractivity contribution in [3.8, 4) is 5.75 Å². The minimum Gasteiger partial charge on any atom is -0.496 e. The van der Waals surface area contributed by atoms with Crippen LogP contribution in [0.15, 0.2) is 36.7 Å². The van der Waals surface area contributed by atoms with Crippen LogP contribution in [0, 0.1) is 0 Å². The number of piperidine rings is 1. The van der Waals surface area contributed by atoms with E-state index in [4.69, 9.17) is 4.74 Å². The molecule has 1 aliphatic heterocycles. The van der Waals surface area contributed by atoms with Gasteiger partial charge in [-0.05, 0) is 31.7 Å². The molecule has 0 saturated carbocycles. The highest BCUT2D eigenvalue weighted by molar-refractivity contribution is 5.93. The lowest BCUT2D eigenvalue weighted by molar-refractivity contribution is 0.0602. The number of likely N-dealkylation sites (tertiary alicyclic amines) is 1. The first-order valence-electron chi connectivity index (χ1n) is 9.21. The number of carbonyl (C=O) groups excluding carboxylic acids is 1. The smallest absolute Gasteiger partial charge is 0.272 e. The fourth-order valence-electron chi connectivity index (χ4n) is 3.45. The third-order valence-corrected chi connectivity index (χ3v) is 4.90. The first-order chi connectivity index (χ1) is 12.7. The van der Waals surface area contributed by atoms with Gasteiger partial charge < -0.3 is 15.0 Å². The Hall–Kier alpha value is -2.63. The molecule has 1 aromatic carbocycles. The van der Waals surface area contributed by atoms with Gasteiger partial charge in [0, 0.05) is 30.8 Å². The molecule has 6 heteroatoms. The predicted octanol–water partition coefficient (Wildman–Crippen LogP) is 3.50. The number of amides is 1. The van der Waals surface area contributed by atoms with Crippen molar-refractivity contribution in [3.05, 3.63) is 47.9 Å². The maximum absolute atomic E-state index is 12.9. The zero-order chi connectivity index (χ0) is 18.4. The summed E-state index contributed by atoms with van der Waals surface area (Å²) in [6.45, 7) is 3.51. The lowest BCUT2D eigenvalue weighted by Crippen LogP contribution is -2.43. The number of para-hydroxylation sites is 1. The van der Waals surface area contributed by atoms with Crippen LogP contribution in [0.5, 0.6) is 5.75 Å². The first kappa shape index (κ1) is 18.2. The number of aromatic nitrogens is 2. The molecule has 1 fully saturated rings. The number of hydrogen-bond acceptors (Lipinski definition) is 5. The van der Waals surface area contributed by atoms with Crippen LogP contribution in [-0.4, -0.2) is 40.5 Å². The number of carbonyl (C=O) groups is 1. The molecular weight excluding hydrogens is 328 g/mol. The van der Waals surface area contributed by atoms with Crippen LogP contribution in [-0.2, 0) is 6.54 Å². The fourth-order valence-corrected chi connectivity index (χ4v) is 3.45. The molecule has 1 amide bonds. The van der Waals surface area contributed by atoms with E-state index in [0.717, 1.165) is 37.1 Å². The molecule has 1 aromatic heterocycles. The second-order valence-electron chi connectivity index (χ2n) is 6.51. The van der Waals surface area contributed by atoms with Gasteiger partial charge in [0.2, 0.25) is 0 Å². The van der Waals surface area contributed by atoms with E-state index in [0.29, 0.717) is 24.1 Å². The minimum absolute atomic E-state index is 0.000656. The Balaban J connectivity index is 1.70. The standard InChI is InChI=1S/C20H26N4O2/c1-3-16-9-6-7-11-24(16)20(25)17-12-19(23-14-22-17)21-13-15-8-4-5-10-18(15)26-2/h4-5,8,10,12,14,16H,3,6-7,9,11,13H2,1-2H3,(H,21,22,23). The van der Waals surface area contributed by atoms with E-state index in [1.165, 1.54) is 12.7 Å². The molecular formula is C20H26N4O2. The zero-order valence-electron chi connectivity index (χ0n) is 15.4. The molecule has 0 radical (unpaired) electrons.